The van der Waals surface area contributed by atoms with Crippen molar-refractivity contribution in [2.24, 2.45) is 7.05 Å². The highest BCUT2D eigenvalue weighted by Gasteiger charge is 2.33. The standard InChI is InChI=1S/C15H24N4O2/c1-5-11-8-12(18(4)17-11)9-19-10(3)7-14(20)16-13(6-2)15(19)21/h8,10,13H,5-7,9H2,1-4H3,(H,16,20). The van der Waals surface area contributed by atoms with Crippen LogP contribution in [0.4, 0.5) is 0 Å². The van der Waals surface area contributed by atoms with Gasteiger partial charge in [0.1, 0.15) is 6.04 Å². The fraction of sp³-hybridized carbons (Fsp3) is 0.667. The Morgan fingerprint density at radius 1 is 1.38 bits per heavy atom. The first-order valence-electron chi connectivity index (χ1n) is 7.57. The van der Waals surface area contributed by atoms with E-state index in [4.69, 9.17) is 0 Å². The third kappa shape index (κ3) is 3.25. The number of carbonyl (C=O) groups is 2. The molecular weight excluding hydrogens is 268 g/mol. The van der Waals surface area contributed by atoms with Gasteiger partial charge in [0.05, 0.1) is 17.9 Å². The van der Waals surface area contributed by atoms with E-state index in [2.05, 4.69) is 17.3 Å². The van der Waals surface area contributed by atoms with Crippen molar-refractivity contribution in [3.05, 3.63) is 17.5 Å². The summed E-state index contributed by atoms with van der Waals surface area (Å²) < 4.78 is 1.82. The average Bonchev–Trinajstić information content (AvgIpc) is 2.76. The Kier molecular flexibility index (Phi) is 4.65. The lowest BCUT2D eigenvalue weighted by molar-refractivity contribution is -0.135. The highest BCUT2D eigenvalue weighted by Crippen LogP contribution is 2.17. The van der Waals surface area contributed by atoms with Crippen LogP contribution in [0.25, 0.3) is 0 Å². The first-order valence-corrected chi connectivity index (χ1v) is 7.57. The van der Waals surface area contributed by atoms with Gasteiger partial charge in [0.2, 0.25) is 11.8 Å². The zero-order chi connectivity index (χ0) is 15.6. The van der Waals surface area contributed by atoms with Crippen LogP contribution < -0.4 is 5.32 Å². The number of carbonyl (C=O) groups excluding carboxylic acids is 2. The number of hydrogen-bond donors (Lipinski definition) is 1. The summed E-state index contributed by atoms with van der Waals surface area (Å²) in [7, 11) is 1.89. The maximum absolute atomic E-state index is 12.6. The average molecular weight is 292 g/mol. The van der Waals surface area contributed by atoms with Crippen LogP contribution >= 0.6 is 0 Å². The van der Waals surface area contributed by atoms with Crippen molar-refractivity contribution in [3.63, 3.8) is 0 Å². The van der Waals surface area contributed by atoms with E-state index in [-0.39, 0.29) is 17.9 Å². The first-order chi connectivity index (χ1) is 9.96. The monoisotopic (exact) mass is 292 g/mol. The lowest BCUT2D eigenvalue weighted by atomic mass is 10.1. The largest absolute Gasteiger partial charge is 0.344 e. The van der Waals surface area contributed by atoms with E-state index in [1.165, 1.54) is 0 Å². The molecule has 1 saturated heterocycles. The van der Waals surface area contributed by atoms with E-state index >= 15 is 0 Å². The van der Waals surface area contributed by atoms with Gasteiger partial charge in [0.15, 0.2) is 0 Å². The molecular formula is C15H24N4O2. The molecule has 1 aliphatic heterocycles. The quantitative estimate of drug-likeness (QED) is 0.900. The fourth-order valence-corrected chi connectivity index (χ4v) is 2.69. The Morgan fingerprint density at radius 3 is 2.67 bits per heavy atom. The van der Waals surface area contributed by atoms with Crippen molar-refractivity contribution in [1.29, 1.82) is 0 Å². The molecule has 1 fully saturated rings. The fourth-order valence-electron chi connectivity index (χ4n) is 2.69. The number of nitrogens with one attached hydrogen (secondary N) is 1. The normalized spacial score (nSPS) is 23.1. The Bertz CT molecular complexity index is 538. The minimum atomic E-state index is -0.415. The number of aromatic nitrogens is 2. The molecule has 0 bridgehead atoms. The van der Waals surface area contributed by atoms with Crippen LogP contribution in [0.2, 0.25) is 0 Å². The molecule has 2 rings (SSSR count). The van der Waals surface area contributed by atoms with Crippen molar-refractivity contribution in [2.75, 3.05) is 0 Å². The van der Waals surface area contributed by atoms with E-state index < -0.39 is 6.04 Å². The number of rotatable bonds is 4. The van der Waals surface area contributed by atoms with Crippen LogP contribution in [0, 0.1) is 0 Å². The van der Waals surface area contributed by atoms with Gasteiger partial charge in [-0.3, -0.25) is 14.3 Å². The summed E-state index contributed by atoms with van der Waals surface area (Å²) in [6.45, 7) is 6.39. The number of hydrogen-bond acceptors (Lipinski definition) is 3. The molecule has 1 aliphatic rings. The summed E-state index contributed by atoms with van der Waals surface area (Å²) in [6.07, 6.45) is 1.83. The zero-order valence-electron chi connectivity index (χ0n) is 13.2. The molecule has 0 radical (unpaired) electrons. The molecule has 2 heterocycles. The van der Waals surface area contributed by atoms with Crippen molar-refractivity contribution in [3.8, 4) is 0 Å². The van der Waals surface area contributed by atoms with Gasteiger partial charge in [0, 0.05) is 19.5 Å². The van der Waals surface area contributed by atoms with E-state index in [1.807, 2.05) is 31.6 Å². The number of aryl methyl sites for hydroxylation is 2. The minimum absolute atomic E-state index is 0.00454. The Hall–Kier alpha value is -1.85. The molecule has 1 aromatic rings. The van der Waals surface area contributed by atoms with Crippen LogP contribution in [0.3, 0.4) is 0 Å². The molecule has 1 N–H and O–H groups in total. The summed E-state index contributed by atoms with van der Waals surface area (Å²) >= 11 is 0. The van der Waals surface area contributed by atoms with Crippen molar-refractivity contribution in [1.82, 2.24) is 20.0 Å². The third-order valence-electron chi connectivity index (χ3n) is 4.06. The molecule has 0 saturated carbocycles. The highest BCUT2D eigenvalue weighted by molar-refractivity contribution is 5.90. The van der Waals surface area contributed by atoms with Crippen LogP contribution in [-0.4, -0.2) is 38.6 Å². The van der Waals surface area contributed by atoms with Crippen LogP contribution in [0.5, 0.6) is 0 Å². The van der Waals surface area contributed by atoms with E-state index in [0.29, 0.717) is 19.4 Å². The van der Waals surface area contributed by atoms with Crippen molar-refractivity contribution < 1.29 is 9.59 Å². The van der Waals surface area contributed by atoms with Crippen molar-refractivity contribution >= 4 is 11.8 Å². The molecule has 6 heteroatoms. The molecule has 2 unspecified atom stereocenters. The molecule has 6 nitrogen and oxygen atoms in total. The summed E-state index contributed by atoms with van der Waals surface area (Å²) in [5.41, 5.74) is 2.01. The maximum Gasteiger partial charge on any atom is 0.245 e. The molecule has 116 valence electrons. The second-order valence-electron chi connectivity index (χ2n) is 5.65. The molecule has 0 aromatic carbocycles. The lowest BCUT2D eigenvalue weighted by Crippen LogP contribution is -2.45. The Morgan fingerprint density at radius 2 is 2.10 bits per heavy atom. The third-order valence-corrected chi connectivity index (χ3v) is 4.06. The van der Waals surface area contributed by atoms with Gasteiger partial charge in [-0.05, 0) is 25.8 Å². The summed E-state index contributed by atoms with van der Waals surface area (Å²) in [6, 6.07) is 1.51. The van der Waals surface area contributed by atoms with Gasteiger partial charge < -0.3 is 10.2 Å². The minimum Gasteiger partial charge on any atom is -0.344 e. The molecule has 0 aliphatic carbocycles. The van der Waals surface area contributed by atoms with Crippen molar-refractivity contribution in [2.45, 2.75) is 58.7 Å². The maximum atomic E-state index is 12.6. The Balaban J connectivity index is 2.24. The first kappa shape index (κ1) is 15.5. The molecule has 2 amide bonds. The summed E-state index contributed by atoms with van der Waals surface area (Å²) in [4.78, 5) is 26.2. The second kappa shape index (κ2) is 6.28. The van der Waals surface area contributed by atoms with Gasteiger partial charge >= 0.3 is 0 Å². The topological polar surface area (TPSA) is 67.2 Å². The predicted octanol–water partition coefficient (Wildman–Crippen LogP) is 0.998. The van der Waals surface area contributed by atoms with Crippen LogP contribution in [-0.2, 0) is 29.6 Å². The van der Waals surface area contributed by atoms with Crippen LogP contribution in [0.1, 0.15) is 45.0 Å². The van der Waals surface area contributed by atoms with Gasteiger partial charge in [-0.2, -0.15) is 5.10 Å². The molecule has 0 spiro atoms. The lowest BCUT2D eigenvalue weighted by Gasteiger charge is -2.28. The predicted molar refractivity (Wildman–Crippen MR) is 79.4 cm³/mol. The molecule has 2 atom stereocenters. The second-order valence-corrected chi connectivity index (χ2v) is 5.65. The van der Waals surface area contributed by atoms with E-state index in [0.717, 1.165) is 17.8 Å². The summed E-state index contributed by atoms with van der Waals surface area (Å²) in [5, 5.41) is 7.22. The van der Waals surface area contributed by atoms with Gasteiger partial charge in [-0.1, -0.05) is 13.8 Å². The van der Waals surface area contributed by atoms with E-state index in [9.17, 15) is 9.59 Å². The summed E-state index contributed by atoms with van der Waals surface area (Å²) in [5.74, 6) is -0.0560. The van der Waals surface area contributed by atoms with E-state index in [1.54, 1.807) is 4.90 Å². The zero-order valence-corrected chi connectivity index (χ0v) is 13.2. The number of nitrogens with zero attached hydrogens (tertiary/aromatic N) is 3. The SMILES string of the molecule is CCc1cc(CN2C(=O)C(CC)NC(=O)CC2C)n(C)n1. The van der Waals surface area contributed by atoms with Gasteiger partial charge in [-0.25, -0.2) is 0 Å². The number of amides is 2. The highest BCUT2D eigenvalue weighted by atomic mass is 16.2. The smallest absolute Gasteiger partial charge is 0.245 e. The van der Waals surface area contributed by atoms with Crippen LogP contribution in [0.15, 0.2) is 6.07 Å². The molecule has 21 heavy (non-hydrogen) atoms. The Labute approximate surface area is 125 Å². The van der Waals surface area contributed by atoms with Gasteiger partial charge in [-0.15, -0.1) is 0 Å². The van der Waals surface area contributed by atoms with Gasteiger partial charge in [0.25, 0.3) is 0 Å². The molecule has 1 aromatic heterocycles.